The molecule has 0 saturated carbocycles. The molecule has 0 fully saturated rings. The molecule has 2 N–H and O–H groups in total. The summed E-state index contributed by atoms with van der Waals surface area (Å²) in [6.45, 7) is 3.02. The van der Waals surface area contributed by atoms with E-state index in [1.54, 1.807) is 62.1 Å². The molecule has 0 aliphatic heterocycles. The van der Waals surface area contributed by atoms with Crippen LogP contribution in [0.5, 0.6) is 17.2 Å². The van der Waals surface area contributed by atoms with Crippen LogP contribution in [0.15, 0.2) is 79.3 Å². The van der Waals surface area contributed by atoms with Gasteiger partial charge in [0.2, 0.25) is 0 Å². The SMILES string of the molecule is CCOc1ccc(NC(=O)c2cn(Cc3ccc(NC(=O)c4ccc(OC)cc4OC)cc3)cn2)cc1. The van der Waals surface area contributed by atoms with Crippen molar-refractivity contribution in [1.29, 1.82) is 0 Å². The monoisotopic (exact) mass is 500 g/mol. The number of benzene rings is 3. The Labute approximate surface area is 215 Å². The number of hydrogen-bond donors (Lipinski definition) is 2. The fraction of sp³-hybridized carbons (Fsp3) is 0.179. The minimum atomic E-state index is -0.296. The third-order valence-electron chi connectivity index (χ3n) is 5.52. The third-order valence-corrected chi connectivity index (χ3v) is 5.52. The van der Waals surface area contributed by atoms with Gasteiger partial charge in [-0.25, -0.2) is 4.98 Å². The van der Waals surface area contributed by atoms with Gasteiger partial charge in [0.05, 0.1) is 32.7 Å². The molecular weight excluding hydrogens is 472 g/mol. The Hall–Kier alpha value is -4.79. The number of aromatic nitrogens is 2. The number of nitrogens with zero attached hydrogens (tertiary/aromatic N) is 2. The highest BCUT2D eigenvalue weighted by Crippen LogP contribution is 2.25. The van der Waals surface area contributed by atoms with E-state index in [1.807, 2.05) is 35.8 Å². The molecule has 0 atom stereocenters. The maximum Gasteiger partial charge on any atom is 0.275 e. The molecule has 190 valence electrons. The standard InChI is InChI=1S/C28H28N4O5/c1-4-37-22-11-9-21(10-12-22)31-28(34)25-17-32(18-29-25)16-19-5-7-20(8-6-19)30-27(33)24-14-13-23(35-2)15-26(24)36-3/h5-15,17-18H,4,16H2,1-3H3,(H,30,33)(H,31,34). The molecule has 1 heterocycles. The summed E-state index contributed by atoms with van der Waals surface area (Å²) in [5.74, 6) is 1.20. The number of hydrogen-bond acceptors (Lipinski definition) is 6. The number of anilines is 2. The Morgan fingerprint density at radius 3 is 2.14 bits per heavy atom. The smallest absolute Gasteiger partial charge is 0.275 e. The lowest BCUT2D eigenvalue weighted by Gasteiger charge is -2.11. The van der Waals surface area contributed by atoms with Crippen molar-refractivity contribution < 1.29 is 23.8 Å². The second kappa shape index (κ2) is 11.8. The number of nitrogens with one attached hydrogen (secondary N) is 2. The van der Waals surface area contributed by atoms with Crippen molar-refractivity contribution in [2.75, 3.05) is 31.5 Å². The predicted molar refractivity (Wildman–Crippen MR) is 141 cm³/mol. The predicted octanol–water partition coefficient (Wildman–Crippen LogP) is 4.85. The van der Waals surface area contributed by atoms with Gasteiger partial charge in [0.25, 0.3) is 11.8 Å². The minimum absolute atomic E-state index is 0.287. The normalized spacial score (nSPS) is 10.5. The van der Waals surface area contributed by atoms with Crippen molar-refractivity contribution in [3.63, 3.8) is 0 Å². The lowest BCUT2D eigenvalue weighted by Crippen LogP contribution is -2.13. The first-order chi connectivity index (χ1) is 18.0. The summed E-state index contributed by atoms with van der Waals surface area (Å²) in [6.07, 6.45) is 3.30. The van der Waals surface area contributed by atoms with Crippen LogP contribution in [0.2, 0.25) is 0 Å². The Morgan fingerprint density at radius 1 is 0.838 bits per heavy atom. The molecular formula is C28H28N4O5. The molecule has 9 heteroatoms. The number of methoxy groups -OCH3 is 2. The summed E-state index contributed by atoms with van der Waals surface area (Å²) in [4.78, 5) is 29.5. The van der Waals surface area contributed by atoms with E-state index in [-0.39, 0.29) is 11.8 Å². The fourth-order valence-corrected chi connectivity index (χ4v) is 3.65. The van der Waals surface area contributed by atoms with Gasteiger partial charge < -0.3 is 29.4 Å². The van der Waals surface area contributed by atoms with Crippen LogP contribution in [0.3, 0.4) is 0 Å². The highest BCUT2D eigenvalue weighted by atomic mass is 16.5. The van der Waals surface area contributed by atoms with Gasteiger partial charge in [0, 0.05) is 30.2 Å². The molecule has 4 aromatic rings. The van der Waals surface area contributed by atoms with Crippen molar-refractivity contribution in [3.05, 3.63) is 96.1 Å². The van der Waals surface area contributed by atoms with Crippen molar-refractivity contribution in [2.24, 2.45) is 0 Å². The molecule has 0 spiro atoms. The first kappa shape index (κ1) is 25.3. The number of rotatable bonds is 10. The van der Waals surface area contributed by atoms with Crippen molar-refractivity contribution >= 4 is 23.2 Å². The Balaban J connectivity index is 1.34. The minimum Gasteiger partial charge on any atom is -0.497 e. The quantitative estimate of drug-likeness (QED) is 0.323. The number of carbonyl (C=O) groups is 2. The molecule has 0 radical (unpaired) electrons. The molecule has 4 rings (SSSR count). The average molecular weight is 501 g/mol. The Kier molecular flexibility index (Phi) is 8.05. The molecule has 37 heavy (non-hydrogen) atoms. The summed E-state index contributed by atoms with van der Waals surface area (Å²) >= 11 is 0. The molecule has 1 aromatic heterocycles. The fourth-order valence-electron chi connectivity index (χ4n) is 3.65. The van der Waals surface area contributed by atoms with Gasteiger partial charge in [-0.15, -0.1) is 0 Å². The summed E-state index contributed by atoms with van der Waals surface area (Å²) < 4.78 is 17.7. The molecule has 0 aliphatic carbocycles. The lowest BCUT2D eigenvalue weighted by molar-refractivity contribution is 0.101. The van der Waals surface area contributed by atoms with Gasteiger partial charge in [0.1, 0.15) is 22.9 Å². The highest BCUT2D eigenvalue weighted by Gasteiger charge is 2.14. The Morgan fingerprint density at radius 2 is 1.49 bits per heavy atom. The number of ether oxygens (including phenoxy) is 3. The summed E-state index contributed by atoms with van der Waals surface area (Å²) in [6, 6.07) is 19.6. The topological polar surface area (TPSA) is 104 Å². The van der Waals surface area contributed by atoms with E-state index in [4.69, 9.17) is 14.2 Å². The van der Waals surface area contributed by atoms with Crippen LogP contribution in [0.1, 0.15) is 33.3 Å². The largest absolute Gasteiger partial charge is 0.497 e. The van der Waals surface area contributed by atoms with E-state index < -0.39 is 0 Å². The molecule has 2 amide bonds. The van der Waals surface area contributed by atoms with Crippen LogP contribution in [0, 0.1) is 0 Å². The van der Waals surface area contributed by atoms with Gasteiger partial charge in [0.15, 0.2) is 0 Å². The summed E-state index contributed by atoms with van der Waals surface area (Å²) in [7, 11) is 3.06. The van der Waals surface area contributed by atoms with E-state index in [9.17, 15) is 9.59 Å². The third kappa shape index (κ3) is 6.46. The van der Waals surface area contributed by atoms with Crippen LogP contribution < -0.4 is 24.8 Å². The number of amides is 2. The van der Waals surface area contributed by atoms with Crippen molar-refractivity contribution in [3.8, 4) is 17.2 Å². The molecule has 9 nitrogen and oxygen atoms in total. The molecule has 0 aliphatic rings. The van der Waals surface area contributed by atoms with E-state index in [0.29, 0.717) is 47.3 Å². The van der Waals surface area contributed by atoms with Gasteiger partial charge in [-0.05, 0) is 61.0 Å². The van der Waals surface area contributed by atoms with Gasteiger partial charge in [-0.1, -0.05) is 12.1 Å². The second-order valence-electron chi connectivity index (χ2n) is 8.06. The van der Waals surface area contributed by atoms with Gasteiger partial charge >= 0.3 is 0 Å². The Bertz CT molecular complexity index is 1360. The van der Waals surface area contributed by atoms with Crippen LogP contribution in [0.25, 0.3) is 0 Å². The molecule has 0 bridgehead atoms. The van der Waals surface area contributed by atoms with Crippen LogP contribution in [-0.4, -0.2) is 42.2 Å². The van der Waals surface area contributed by atoms with Crippen LogP contribution >= 0.6 is 0 Å². The highest BCUT2D eigenvalue weighted by molar-refractivity contribution is 6.06. The van der Waals surface area contributed by atoms with Gasteiger partial charge in [-0.2, -0.15) is 0 Å². The lowest BCUT2D eigenvalue weighted by atomic mass is 10.1. The first-order valence-electron chi connectivity index (χ1n) is 11.7. The van der Waals surface area contributed by atoms with Gasteiger partial charge in [-0.3, -0.25) is 9.59 Å². The van der Waals surface area contributed by atoms with E-state index in [1.165, 1.54) is 7.11 Å². The number of carbonyl (C=O) groups excluding carboxylic acids is 2. The zero-order valence-electron chi connectivity index (χ0n) is 20.9. The average Bonchev–Trinajstić information content (AvgIpc) is 3.39. The van der Waals surface area contributed by atoms with Crippen molar-refractivity contribution in [2.45, 2.75) is 13.5 Å². The summed E-state index contributed by atoms with van der Waals surface area (Å²) in [5.41, 5.74) is 3.00. The second-order valence-corrected chi connectivity index (χ2v) is 8.06. The maximum atomic E-state index is 12.7. The van der Waals surface area contributed by atoms with E-state index in [2.05, 4.69) is 15.6 Å². The molecule has 3 aromatic carbocycles. The van der Waals surface area contributed by atoms with E-state index in [0.717, 1.165) is 11.3 Å². The zero-order valence-corrected chi connectivity index (χ0v) is 20.9. The zero-order chi connectivity index (χ0) is 26.2. The van der Waals surface area contributed by atoms with E-state index >= 15 is 0 Å². The summed E-state index contributed by atoms with van der Waals surface area (Å²) in [5, 5.41) is 5.71. The molecule has 0 saturated heterocycles. The first-order valence-corrected chi connectivity index (χ1v) is 11.7. The maximum absolute atomic E-state index is 12.7. The van der Waals surface area contributed by atoms with Crippen LogP contribution in [-0.2, 0) is 6.54 Å². The van der Waals surface area contributed by atoms with Crippen molar-refractivity contribution in [1.82, 2.24) is 9.55 Å². The number of imidazole rings is 1. The van der Waals surface area contributed by atoms with Crippen LogP contribution in [0.4, 0.5) is 11.4 Å². The molecule has 0 unspecified atom stereocenters.